The van der Waals surface area contributed by atoms with E-state index in [9.17, 15) is 19.2 Å². The zero-order chi connectivity index (χ0) is 18.4. The lowest BCUT2D eigenvalue weighted by molar-refractivity contribution is -0.159. The highest BCUT2D eigenvalue weighted by Crippen LogP contribution is 2.19. The second-order valence-electron chi connectivity index (χ2n) is 5.75. The number of amides is 3. The van der Waals surface area contributed by atoms with Crippen molar-refractivity contribution in [3.63, 3.8) is 0 Å². The highest BCUT2D eigenvalue weighted by Gasteiger charge is 2.44. The summed E-state index contributed by atoms with van der Waals surface area (Å²) in [6, 6.07) is -2.04. The summed E-state index contributed by atoms with van der Waals surface area (Å²) >= 11 is 0. The molecule has 1 fully saturated rings. The van der Waals surface area contributed by atoms with E-state index in [1.165, 1.54) is 13.1 Å². The Hall–Kier alpha value is -2.65. The molecule has 138 valence electrons. The van der Waals surface area contributed by atoms with E-state index < -0.39 is 42.1 Å². The van der Waals surface area contributed by atoms with Crippen LogP contribution in [0, 0.1) is 0 Å². The van der Waals surface area contributed by atoms with Crippen LogP contribution in [0.3, 0.4) is 0 Å². The zero-order valence-corrected chi connectivity index (χ0v) is 14.2. The van der Waals surface area contributed by atoms with Crippen molar-refractivity contribution >= 4 is 30.1 Å². The van der Waals surface area contributed by atoms with Gasteiger partial charge in [-0.25, -0.2) is 9.80 Å². The van der Waals surface area contributed by atoms with Gasteiger partial charge in [-0.2, -0.15) is 5.10 Å². The van der Waals surface area contributed by atoms with Crippen LogP contribution >= 0.6 is 0 Å². The third kappa shape index (κ3) is 4.68. The normalized spacial score (nSPS) is 25.1. The van der Waals surface area contributed by atoms with Crippen molar-refractivity contribution in [2.45, 2.75) is 51.3 Å². The Morgan fingerprint density at radius 2 is 2.24 bits per heavy atom. The minimum absolute atomic E-state index is 0.147. The molecular weight excluding hydrogens is 332 g/mol. The first-order chi connectivity index (χ1) is 11.9. The van der Waals surface area contributed by atoms with Gasteiger partial charge in [-0.05, 0) is 6.42 Å². The molecule has 10 heteroatoms. The van der Waals surface area contributed by atoms with Gasteiger partial charge in [0.05, 0.1) is 0 Å². The Balaban J connectivity index is 2.17. The van der Waals surface area contributed by atoms with E-state index in [-0.39, 0.29) is 13.0 Å². The molecule has 25 heavy (non-hydrogen) atoms. The largest absolute Gasteiger partial charge is 0.459 e. The first kappa shape index (κ1) is 18.7. The van der Waals surface area contributed by atoms with Crippen molar-refractivity contribution in [3.05, 3.63) is 0 Å². The van der Waals surface area contributed by atoms with Gasteiger partial charge in [-0.1, -0.05) is 13.3 Å². The van der Waals surface area contributed by atoms with E-state index >= 15 is 0 Å². The van der Waals surface area contributed by atoms with Gasteiger partial charge in [0.2, 0.25) is 5.91 Å². The summed E-state index contributed by atoms with van der Waals surface area (Å²) in [6.45, 7) is 3.51. The number of carbonyl (C=O) groups is 4. The maximum Gasteiger partial charge on any atom is 0.407 e. The number of unbranched alkanes of at least 4 members (excludes halogenated alkanes) is 1. The van der Waals surface area contributed by atoms with Crippen molar-refractivity contribution in [3.8, 4) is 0 Å². The fraction of sp³-hybridized carbons (Fsp3) is 0.667. The van der Waals surface area contributed by atoms with Crippen molar-refractivity contribution < 1.29 is 28.7 Å². The lowest BCUT2D eigenvalue weighted by Crippen LogP contribution is -2.59. The van der Waals surface area contributed by atoms with Crippen molar-refractivity contribution in [2.75, 3.05) is 13.2 Å². The van der Waals surface area contributed by atoms with E-state index in [0.717, 1.165) is 17.9 Å². The molecule has 0 aromatic heterocycles. The summed E-state index contributed by atoms with van der Waals surface area (Å²) in [5.41, 5.74) is 0. The van der Waals surface area contributed by atoms with Gasteiger partial charge in [-0.3, -0.25) is 14.4 Å². The maximum atomic E-state index is 12.6. The second-order valence-corrected chi connectivity index (χ2v) is 5.75. The van der Waals surface area contributed by atoms with Crippen LogP contribution in [0.25, 0.3) is 0 Å². The lowest BCUT2D eigenvalue weighted by Gasteiger charge is -2.35. The van der Waals surface area contributed by atoms with Gasteiger partial charge in [0.1, 0.15) is 18.8 Å². The molecule has 10 nitrogen and oxygen atoms in total. The van der Waals surface area contributed by atoms with E-state index in [4.69, 9.17) is 9.47 Å². The van der Waals surface area contributed by atoms with E-state index in [1.54, 1.807) is 0 Å². The molecule has 3 atom stereocenters. The number of alkyl carbamates (subject to hydrolysis) is 1. The Bertz CT molecular complexity index is 578. The summed E-state index contributed by atoms with van der Waals surface area (Å²) < 4.78 is 9.90. The van der Waals surface area contributed by atoms with E-state index in [2.05, 4.69) is 15.7 Å². The molecule has 2 rings (SSSR count). The monoisotopic (exact) mass is 354 g/mol. The molecule has 0 aromatic carbocycles. The smallest absolute Gasteiger partial charge is 0.407 e. The number of nitrogens with one attached hydrogen (secondary N) is 2. The molecule has 0 aliphatic carbocycles. The highest BCUT2D eigenvalue weighted by atomic mass is 16.6. The van der Waals surface area contributed by atoms with Gasteiger partial charge in [0.25, 0.3) is 5.91 Å². The molecule has 0 saturated carbocycles. The second kappa shape index (κ2) is 8.45. The summed E-state index contributed by atoms with van der Waals surface area (Å²) in [7, 11) is 0. The molecule has 2 aliphatic heterocycles. The number of ether oxygens (including phenoxy) is 2. The van der Waals surface area contributed by atoms with Crippen LogP contribution in [0.1, 0.15) is 33.1 Å². The van der Waals surface area contributed by atoms with Crippen LogP contribution in [0.5, 0.6) is 0 Å². The Labute approximate surface area is 144 Å². The maximum absolute atomic E-state index is 12.6. The van der Waals surface area contributed by atoms with Gasteiger partial charge in [0, 0.05) is 26.1 Å². The van der Waals surface area contributed by atoms with Gasteiger partial charge in [-0.15, -0.1) is 0 Å². The number of hydrazone groups is 1. The third-order valence-corrected chi connectivity index (χ3v) is 3.77. The topological polar surface area (TPSA) is 126 Å². The summed E-state index contributed by atoms with van der Waals surface area (Å²) in [6.07, 6.45) is 1.73. The van der Waals surface area contributed by atoms with Crippen molar-refractivity contribution in [1.82, 2.24) is 15.6 Å². The lowest BCUT2D eigenvalue weighted by atomic mass is 10.0. The van der Waals surface area contributed by atoms with Crippen LogP contribution in [-0.2, 0) is 23.9 Å². The standard InChI is InChI=1S/C15H22N4O6/c1-3-4-6-16-13(21)12-11(25-9(2)20)5-7-17-19(12)14(22)10-8-24-15(23)18-10/h7,10-12H,3-6,8H2,1-2H3,(H,16,21)(H,18,23)/t10-,11+,12+/m1/s1. The molecule has 0 spiro atoms. The molecule has 2 heterocycles. The number of esters is 1. The van der Waals surface area contributed by atoms with Crippen LogP contribution in [-0.4, -0.2) is 66.4 Å². The SMILES string of the molecule is CCCCNC(=O)[C@@H]1[C@@H](OC(C)=O)CC=NN1C(=O)[C@H]1COC(=O)N1. The van der Waals surface area contributed by atoms with Crippen molar-refractivity contribution in [2.24, 2.45) is 5.10 Å². The Morgan fingerprint density at radius 3 is 2.84 bits per heavy atom. The average molecular weight is 354 g/mol. The van der Waals surface area contributed by atoms with Crippen molar-refractivity contribution in [1.29, 1.82) is 0 Å². The molecule has 3 amide bonds. The molecule has 0 unspecified atom stereocenters. The number of hydrogen-bond donors (Lipinski definition) is 2. The summed E-state index contributed by atoms with van der Waals surface area (Å²) in [4.78, 5) is 47.7. The van der Waals surface area contributed by atoms with Gasteiger partial charge < -0.3 is 20.1 Å². The predicted molar refractivity (Wildman–Crippen MR) is 85.5 cm³/mol. The highest BCUT2D eigenvalue weighted by molar-refractivity contribution is 5.94. The fourth-order valence-electron chi connectivity index (χ4n) is 2.57. The Morgan fingerprint density at radius 1 is 1.48 bits per heavy atom. The fourth-order valence-corrected chi connectivity index (χ4v) is 2.57. The van der Waals surface area contributed by atoms with Crippen LogP contribution < -0.4 is 10.6 Å². The van der Waals surface area contributed by atoms with E-state index in [0.29, 0.717) is 6.54 Å². The third-order valence-electron chi connectivity index (χ3n) is 3.77. The van der Waals surface area contributed by atoms with Gasteiger partial charge in [0.15, 0.2) is 6.04 Å². The summed E-state index contributed by atoms with van der Waals surface area (Å²) in [5, 5.41) is 10.0. The number of carbonyl (C=O) groups excluding carboxylic acids is 4. The zero-order valence-electron chi connectivity index (χ0n) is 14.2. The Kier molecular flexibility index (Phi) is 6.31. The quantitative estimate of drug-likeness (QED) is 0.490. The molecule has 0 radical (unpaired) electrons. The molecule has 0 bridgehead atoms. The minimum atomic E-state index is -1.10. The average Bonchev–Trinajstić information content (AvgIpc) is 3.00. The molecule has 0 aromatic rings. The molecule has 2 aliphatic rings. The van der Waals surface area contributed by atoms with Crippen LogP contribution in [0.15, 0.2) is 5.10 Å². The predicted octanol–water partition coefficient (Wildman–Crippen LogP) is -0.470. The first-order valence-electron chi connectivity index (χ1n) is 8.17. The number of nitrogens with zero attached hydrogens (tertiary/aromatic N) is 2. The van der Waals surface area contributed by atoms with Crippen LogP contribution in [0.4, 0.5) is 4.79 Å². The minimum Gasteiger partial charge on any atom is -0.459 e. The van der Waals surface area contributed by atoms with Gasteiger partial charge >= 0.3 is 12.1 Å². The first-order valence-corrected chi connectivity index (χ1v) is 8.17. The van der Waals surface area contributed by atoms with Crippen LogP contribution in [0.2, 0.25) is 0 Å². The molecular formula is C15H22N4O6. The number of hydrogen-bond acceptors (Lipinski definition) is 7. The van der Waals surface area contributed by atoms with E-state index in [1.807, 2.05) is 6.92 Å². The molecule has 2 N–H and O–H groups in total. The summed E-state index contributed by atoms with van der Waals surface area (Å²) in [5.74, 6) is -1.62. The number of rotatable bonds is 6. The number of cyclic esters (lactones) is 1. The molecule has 1 saturated heterocycles.